The predicted octanol–water partition coefficient (Wildman–Crippen LogP) is 2.57. The number of hydrogen-bond donors (Lipinski definition) is 1. The minimum atomic E-state index is 0.195. The SMILES string of the molecule is C1CCC2(CC1)CNCC1(CCSCC1)O2. The monoisotopic (exact) mass is 241 g/mol. The summed E-state index contributed by atoms with van der Waals surface area (Å²) in [6.45, 7) is 2.19. The van der Waals surface area contributed by atoms with Crippen LogP contribution in [0.2, 0.25) is 0 Å². The molecule has 0 unspecified atom stereocenters. The number of hydrogen-bond acceptors (Lipinski definition) is 3. The van der Waals surface area contributed by atoms with Crippen LogP contribution in [0.5, 0.6) is 0 Å². The topological polar surface area (TPSA) is 21.3 Å². The van der Waals surface area contributed by atoms with Gasteiger partial charge in [-0.1, -0.05) is 19.3 Å². The van der Waals surface area contributed by atoms with Crippen molar-refractivity contribution in [2.24, 2.45) is 0 Å². The fourth-order valence-corrected chi connectivity index (χ4v) is 4.78. The summed E-state index contributed by atoms with van der Waals surface area (Å²) in [6.07, 6.45) is 9.23. The highest BCUT2D eigenvalue weighted by Crippen LogP contribution is 2.41. The van der Waals surface area contributed by atoms with E-state index in [1.807, 2.05) is 0 Å². The minimum absolute atomic E-state index is 0.195. The van der Waals surface area contributed by atoms with Crippen molar-refractivity contribution in [1.29, 1.82) is 0 Å². The lowest BCUT2D eigenvalue weighted by Crippen LogP contribution is -2.62. The quantitative estimate of drug-likeness (QED) is 0.704. The maximum absolute atomic E-state index is 6.67. The summed E-state index contributed by atoms with van der Waals surface area (Å²) in [7, 11) is 0. The van der Waals surface area contributed by atoms with E-state index in [0.29, 0.717) is 0 Å². The zero-order chi connectivity index (χ0) is 10.9. The second-order valence-corrected chi connectivity index (χ2v) is 6.97. The van der Waals surface area contributed by atoms with Gasteiger partial charge in [0.05, 0.1) is 11.2 Å². The van der Waals surface area contributed by atoms with Crippen LogP contribution in [0.3, 0.4) is 0 Å². The van der Waals surface area contributed by atoms with Crippen LogP contribution in [-0.4, -0.2) is 35.8 Å². The van der Waals surface area contributed by atoms with Gasteiger partial charge in [-0.05, 0) is 37.2 Å². The minimum Gasteiger partial charge on any atom is -0.366 e. The molecule has 0 aromatic carbocycles. The molecule has 3 fully saturated rings. The lowest BCUT2D eigenvalue weighted by atomic mass is 9.81. The van der Waals surface area contributed by atoms with Gasteiger partial charge >= 0.3 is 0 Å². The Labute approximate surface area is 103 Å². The molecule has 0 aromatic heterocycles. The van der Waals surface area contributed by atoms with Gasteiger partial charge in [0.2, 0.25) is 0 Å². The Morgan fingerprint density at radius 2 is 1.44 bits per heavy atom. The molecule has 2 spiro atoms. The fourth-order valence-electron chi connectivity index (χ4n) is 3.55. The molecule has 2 saturated heterocycles. The summed E-state index contributed by atoms with van der Waals surface area (Å²) < 4.78 is 6.67. The van der Waals surface area contributed by atoms with Gasteiger partial charge in [-0.25, -0.2) is 0 Å². The van der Waals surface area contributed by atoms with E-state index < -0.39 is 0 Å². The first-order valence-electron chi connectivity index (χ1n) is 6.81. The van der Waals surface area contributed by atoms with E-state index in [1.54, 1.807) is 0 Å². The number of thioether (sulfide) groups is 1. The molecule has 2 aliphatic heterocycles. The lowest BCUT2D eigenvalue weighted by Gasteiger charge is -2.51. The molecule has 2 nitrogen and oxygen atoms in total. The first kappa shape index (κ1) is 11.4. The van der Waals surface area contributed by atoms with E-state index in [0.717, 1.165) is 13.1 Å². The average molecular weight is 241 g/mol. The molecule has 0 aromatic rings. The van der Waals surface area contributed by atoms with Crippen molar-refractivity contribution in [3.8, 4) is 0 Å². The summed E-state index contributed by atoms with van der Waals surface area (Å²) in [5, 5.41) is 3.67. The molecule has 16 heavy (non-hydrogen) atoms. The van der Waals surface area contributed by atoms with Crippen molar-refractivity contribution in [2.75, 3.05) is 24.6 Å². The lowest BCUT2D eigenvalue weighted by molar-refractivity contribution is -0.193. The van der Waals surface area contributed by atoms with Gasteiger partial charge in [-0.15, -0.1) is 0 Å². The molecule has 0 bridgehead atoms. The molecule has 1 saturated carbocycles. The Bertz CT molecular complexity index is 209. The summed E-state index contributed by atoms with van der Waals surface area (Å²) >= 11 is 2.09. The Morgan fingerprint density at radius 1 is 0.812 bits per heavy atom. The zero-order valence-electron chi connectivity index (χ0n) is 10.1. The molecule has 2 heterocycles. The molecule has 0 amide bonds. The highest BCUT2D eigenvalue weighted by molar-refractivity contribution is 7.99. The van der Waals surface area contributed by atoms with Crippen LogP contribution in [0.25, 0.3) is 0 Å². The molecule has 3 heteroatoms. The van der Waals surface area contributed by atoms with Gasteiger partial charge in [0.15, 0.2) is 0 Å². The van der Waals surface area contributed by atoms with E-state index in [-0.39, 0.29) is 11.2 Å². The molecular formula is C13H23NOS. The van der Waals surface area contributed by atoms with E-state index >= 15 is 0 Å². The third-order valence-corrected chi connectivity index (χ3v) is 5.48. The van der Waals surface area contributed by atoms with Crippen molar-refractivity contribution < 1.29 is 4.74 Å². The highest BCUT2D eigenvalue weighted by atomic mass is 32.2. The van der Waals surface area contributed by atoms with Crippen LogP contribution in [0.15, 0.2) is 0 Å². The van der Waals surface area contributed by atoms with Gasteiger partial charge in [0.25, 0.3) is 0 Å². The molecule has 3 aliphatic rings. The zero-order valence-corrected chi connectivity index (χ0v) is 10.9. The summed E-state index contributed by atoms with van der Waals surface area (Å²) in [5.41, 5.74) is 0.402. The number of nitrogens with one attached hydrogen (secondary N) is 1. The normalized spacial score (nSPS) is 33.0. The average Bonchev–Trinajstić information content (AvgIpc) is 2.31. The molecule has 3 rings (SSSR count). The molecule has 92 valence electrons. The molecule has 1 aliphatic carbocycles. The van der Waals surface area contributed by atoms with E-state index in [9.17, 15) is 0 Å². The number of ether oxygens (including phenoxy) is 1. The van der Waals surface area contributed by atoms with Crippen molar-refractivity contribution in [3.63, 3.8) is 0 Å². The standard InChI is InChI=1S/C13H23NOS/c1-2-4-12(5-3-1)10-14-11-13(15-12)6-8-16-9-7-13/h14H,1-11H2. The van der Waals surface area contributed by atoms with Gasteiger partial charge in [-0.2, -0.15) is 11.8 Å². The Kier molecular flexibility index (Phi) is 3.20. The van der Waals surface area contributed by atoms with Gasteiger partial charge in [-0.3, -0.25) is 0 Å². The molecule has 0 radical (unpaired) electrons. The molecule has 0 atom stereocenters. The molecular weight excluding hydrogens is 218 g/mol. The van der Waals surface area contributed by atoms with E-state index in [2.05, 4.69) is 17.1 Å². The van der Waals surface area contributed by atoms with E-state index in [1.165, 1.54) is 56.5 Å². The van der Waals surface area contributed by atoms with Crippen LogP contribution >= 0.6 is 11.8 Å². The van der Waals surface area contributed by atoms with Gasteiger partial charge in [0.1, 0.15) is 0 Å². The van der Waals surface area contributed by atoms with Gasteiger partial charge in [0, 0.05) is 13.1 Å². The Morgan fingerprint density at radius 3 is 2.12 bits per heavy atom. The first-order chi connectivity index (χ1) is 7.83. The Balaban J connectivity index is 1.72. The summed E-state index contributed by atoms with van der Waals surface area (Å²) in [4.78, 5) is 0. The van der Waals surface area contributed by atoms with Crippen molar-refractivity contribution >= 4 is 11.8 Å². The van der Waals surface area contributed by atoms with Crippen LogP contribution in [0.1, 0.15) is 44.9 Å². The largest absolute Gasteiger partial charge is 0.366 e. The summed E-state index contributed by atoms with van der Waals surface area (Å²) in [6, 6.07) is 0. The maximum Gasteiger partial charge on any atom is 0.0830 e. The highest BCUT2D eigenvalue weighted by Gasteiger charge is 2.46. The second kappa shape index (κ2) is 4.51. The van der Waals surface area contributed by atoms with E-state index in [4.69, 9.17) is 4.74 Å². The Hall–Kier alpha value is 0.270. The second-order valence-electron chi connectivity index (χ2n) is 5.74. The third-order valence-electron chi connectivity index (χ3n) is 4.50. The predicted molar refractivity (Wildman–Crippen MR) is 69.1 cm³/mol. The van der Waals surface area contributed by atoms with Crippen molar-refractivity contribution in [1.82, 2.24) is 5.32 Å². The van der Waals surface area contributed by atoms with Crippen LogP contribution in [0, 0.1) is 0 Å². The number of morpholine rings is 1. The van der Waals surface area contributed by atoms with Crippen LogP contribution < -0.4 is 5.32 Å². The van der Waals surface area contributed by atoms with Crippen LogP contribution in [0.4, 0.5) is 0 Å². The summed E-state index contributed by atoms with van der Waals surface area (Å²) in [5.74, 6) is 2.58. The smallest absolute Gasteiger partial charge is 0.0830 e. The number of rotatable bonds is 0. The molecule has 1 N–H and O–H groups in total. The van der Waals surface area contributed by atoms with Crippen LogP contribution in [-0.2, 0) is 4.74 Å². The van der Waals surface area contributed by atoms with Crippen molar-refractivity contribution in [2.45, 2.75) is 56.1 Å². The fraction of sp³-hybridized carbons (Fsp3) is 1.00. The maximum atomic E-state index is 6.67. The van der Waals surface area contributed by atoms with Crippen molar-refractivity contribution in [3.05, 3.63) is 0 Å². The third kappa shape index (κ3) is 2.14. The first-order valence-corrected chi connectivity index (χ1v) is 7.97. The van der Waals surface area contributed by atoms with Gasteiger partial charge < -0.3 is 10.1 Å².